The van der Waals surface area contributed by atoms with E-state index in [0.29, 0.717) is 11.1 Å². The number of aliphatic hydroxyl groups is 1. The Hall–Kier alpha value is -1.36. The third kappa shape index (κ3) is 3.60. The van der Waals surface area contributed by atoms with Gasteiger partial charge in [-0.05, 0) is 57.8 Å². The molecule has 1 aromatic carbocycles. The molecule has 1 unspecified atom stereocenters. The maximum absolute atomic E-state index is 9.72. The van der Waals surface area contributed by atoms with Crippen molar-refractivity contribution in [3.05, 3.63) is 46.7 Å². The van der Waals surface area contributed by atoms with Crippen LogP contribution in [-0.2, 0) is 6.54 Å². The Kier molecular flexibility index (Phi) is 5.05. The highest BCUT2D eigenvalue weighted by atomic mass is 35.5. The molecule has 3 rings (SSSR count). The summed E-state index contributed by atoms with van der Waals surface area (Å²) < 4.78 is 1.81. The lowest BCUT2D eigenvalue weighted by atomic mass is 9.92. The molecule has 0 radical (unpaired) electrons. The summed E-state index contributed by atoms with van der Waals surface area (Å²) in [4.78, 5) is 2.41. The lowest BCUT2D eigenvalue weighted by molar-refractivity contribution is 0.0695. The Labute approximate surface area is 142 Å². The van der Waals surface area contributed by atoms with Crippen LogP contribution in [0.1, 0.15) is 31.0 Å². The largest absolute Gasteiger partial charge is 0.393 e. The molecule has 0 amide bonds. The molecular weight excluding hydrogens is 310 g/mol. The highest BCUT2D eigenvalue weighted by Gasteiger charge is 2.24. The summed E-state index contributed by atoms with van der Waals surface area (Å²) >= 11 is 6.60. The molecule has 4 nitrogen and oxygen atoms in total. The maximum atomic E-state index is 9.72. The van der Waals surface area contributed by atoms with Crippen molar-refractivity contribution in [1.29, 1.82) is 0 Å². The molecule has 1 aromatic heterocycles. The van der Waals surface area contributed by atoms with Crippen LogP contribution in [0.15, 0.2) is 30.3 Å². The monoisotopic (exact) mass is 333 g/mol. The van der Waals surface area contributed by atoms with Crippen LogP contribution in [0, 0.1) is 12.8 Å². The summed E-state index contributed by atoms with van der Waals surface area (Å²) in [5.41, 5.74) is 3.07. The Bertz CT molecular complexity index is 646. The molecule has 1 saturated heterocycles. The first-order valence-electron chi connectivity index (χ1n) is 8.26. The standard InChI is InChI=1S/C18H24ClN3O/c1-13-17(12-21-10-8-15(9-11-21)14(2)23)18(19)22(20-13)16-6-4-3-5-7-16/h3-7,14-15,23H,8-12H2,1-2H3. The zero-order chi connectivity index (χ0) is 16.4. The average molecular weight is 334 g/mol. The van der Waals surface area contributed by atoms with E-state index in [2.05, 4.69) is 10.00 Å². The van der Waals surface area contributed by atoms with Crippen molar-refractivity contribution >= 4 is 11.6 Å². The molecule has 2 heterocycles. The molecule has 5 heteroatoms. The van der Waals surface area contributed by atoms with Gasteiger partial charge in [-0.25, -0.2) is 4.68 Å². The fraction of sp³-hybridized carbons (Fsp3) is 0.500. The maximum Gasteiger partial charge on any atom is 0.137 e. The minimum absolute atomic E-state index is 0.205. The lowest BCUT2D eigenvalue weighted by Crippen LogP contribution is -2.36. The smallest absolute Gasteiger partial charge is 0.137 e. The molecule has 0 saturated carbocycles. The van der Waals surface area contributed by atoms with Crippen LogP contribution < -0.4 is 0 Å². The van der Waals surface area contributed by atoms with E-state index < -0.39 is 0 Å². The van der Waals surface area contributed by atoms with Crippen LogP contribution >= 0.6 is 11.6 Å². The zero-order valence-corrected chi connectivity index (χ0v) is 14.5. The third-order valence-electron chi connectivity index (χ3n) is 4.82. The van der Waals surface area contributed by atoms with Gasteiger partial charge in [-0.1, -0.05) is 29.8 Å². The first-order valence-corrected chi connectivity index (χ1v) is 8.64. The lowest BCUT2D eigenvalue weighted by Gasteiger charge is -2.33. The molecule has 1 aliphatic heterocycles. The van der Waals surface area contributed by atoms with E-state index in [9.17, 15) is 5.11 Å². The van der Waals surface area contributed by atoms with E-state index in [-0.39, 0.29) is 6.10 Å². The van der Waals surface area contributed by atoms with Crippen molar-refractivity contribution in [2.75, 3.05) is 13.1 Å². The van der Waals surface area contributed by atoms with E-state index in [1.165, 1.54) is 0 Å². The number of halogens is 1. The molecule has 0 aliphatic carbocycles. The second kappa shape index (κ2) is 7.04. The number of hydrogen-bond acceptors (Lipinski definition) is 3. The van der Waals surface area contributed by atoms with Gasteiger partial charge >= 0.3 is 0 Å². The summed E-state index contributed by atoms with van der Waals surface area (Å²) in [5.74, 6) is 0.426. The summed E-state index contributed by atoms with van der Waals surface area (Å²) in [5, 5.41) is 15.0. The molecule has 124 valence electrons. The summed E-state index contributed by atoms with van der Waals surface area (Å²) in [7, 11) is 0. The van der Waals surface area contributed by atoms with Gasteiger partial charge in [-0.15, -0.1) is 0 Å². The van der Waals surface area contributed by atoms with Gasteiger partial charge in [-0.2, -0.15) is 5.10 Å². The van der Waals surface area contributed by atoms with Crippen LogP contribution in [0.5, 0.6) is 0 Å². The summed E-state index contributed by atoms with van der Waals surface area (Å²) in [6, 6.07) is 9.99. The van der Waals surface area contributed by atoms with Gasteiger partial charge in [0.1, 0.15) is 5.15 Å². The predicted octanol–water partition coefficient (Wildman–Crippen LogP) is 3.43. The van der Waals surface area contributed by atoms with Crippen LogP contribution in [0.3, 0.4) is 0 Å². The van der Waals surface area contributed by atoms with Crippen LogP contribution in [0.25, 0.3) is 5.69 Å². The number of para-hydroxylation sites is 1. The van der Waals surface area contributed by atoms with Gasteiger partial charge in [0, 0.05) is 12.1 Å². The summed E-state index contributed by atoms with van der Waals surface area (Å²) in [6.07, 6.45) is 1.88. The molecule has 0 spiro atoms. The topological polar surface area (TPSA) is 41.3 Å². The van der Waals surface area contributed by atoms with Crippen molar-refractivity contribution < 1.29 is 5.11 Å². The Morgan fingerprint density at radius 2 is 1.91 bits per heavy atom. The second-order valence-corrected chi connectivity index (χ2v) is 6.81. The van der Waals surface area contributed by atoms with Crippen LogP contribution in [0.2, 0.25) is 5.15 Å². The van der Waals surface area contributed by atoms with Crippen molar-refractivity contribution in [1.82, 2.24) is 14.7 Å². The minimum atomic E-state index is -0.205. The van der Waals surface area contributed by atoms with Crippen molar-refractivity contribution in [2.24, 2.45) is 5.92 Å². The van der Waals surface area contributed by atoms with Crippen LogP contribution in [0.4, 0.5) is 0 Å². The fourth-order valence-electron chi connectivity index (χ4n) is 3.27. The molecule has 1 atom stereocenters. The predicted molar refractivity (Wildman–Crippen MR) is 93.0 cm³/mol. The molecular formula is C18H24ClN3O. The van der Waals surface area contributed by atoms with E-state index in [0.717, 1.165) is 49.4 Å². The van der Waals surface area contributed by atoms with Gasteiger partial charge < -0.3 is 5.11 Å². The van der Waals surface area contributed by atoms with Crippen LogP contribution in [-0.4, -0.2) is 39.0 Å². The molecule has 2 aromatic rings. The Morgan fingerprint density at radius 1 is 1.26 bits per heavy atom. The first-order chi connectivity index (χ1) is 11.1. The van der Waals surface area contributed by atoms with Crippen molar-refractivity contribution in [3.8, 4) is 5.69 Å². The minimum Gasteiger partial charge on any atom is -0.393 e. The van der Waals surface area contributed by atoms with Gasteiger partial charge in [0.2, 0.25) is 0 Å². The number of benzene rings is 1. The second-order valence-electron chi connectivity index (χ2n) is 6.46. The number of aromatic nitrogens is 2. The average Bonchev–Trinajstić information content (AvgIpc) is 2.84. The van der Waals surface area contributed by atoms with E-state index >= 15 is 0 Å². The van der Waals surface area contributed by atoms with Crippen molar-refractivity contribution in [3.63, 3.8) is 0 Å². The number of aliphatic hydroxyl groups excluding tert-OH is 1. The number of rotatable bonds is 4. The summed E-state index contributed by atoms with van der Waals surface area (Å²) in [6.45, 7) is 6.74. The molecule has 1 aliphatic rings. The van der Waals surface area contributed by atoms with E-state index in [4.69, 9.17) is 11.6 Å². The molecule has 1 fully saturated rings. The van der Waals surface area contributed by atoms with Gasteiger partial charge in [0.05, 0.1) is 17.5 Å². The van der Waals surface area contributed by atoms with Crippen molar-refractivity contribution in [2.45, 2.75) is 39.3 Å². The third-order valence-corrected chi connectivity index (χ3v) is 5.21. The highest BCUT2D eigenvalue weighted by molar-refractivity contribution is 6.30. The Morgan fingerprint density at radius 3 is 2.52 bits per heavy atom. The highest BCUT2D eigenvalue weighted by Crippen LogP contribution is 2.27. The quantitative estimate of drug-likeness (QED) is 0.932. The number of piperidine rings is 1. The number of hydrogen-bond donors (Lipinski definition) is 1. The van der Waals surface area contributed by atoms with E-state index in [1.807, 2.05) is 48.9 Å². The SMILES string of the molecule is Cc1nn(-c2ccccc2)c(Cl)c1CN1CCC(C(C)O)CC1. The Balaban J connectivity index is 1.73. The molecule has 1 N–H and O–H groups in total. The van der Waals surface area contributed by atoms with Gasteiger partial charge in [-0.3, -0.25) is 4.90 Å². The van der Waals surface area contributed by atoms with E-state index in [1.54, 1.807) is 0 Å². The zero-order valence-electron chi connectivity index (χ0n) is 13.7. The first kappa shape index (κ1) is 16.5. The van der Waals surface area contributed by atoms with Gasteiger partial charge in [0.25, 0.3) is 0 Å². The molecule has 0 bridgehead atoms. The number of likely N-dealkylation sites (tertiary alicyclic amines) is 1. The fourth-order valence-corrected chi connectivity index (χ4v) is 3.60. The number of aryl methyl sites for hydroxylation is 1. The van der Waals surface area contributed by atoms with Gasteiger partial charge in [0.15, 0.2) is 0 Å². The normalized spacial score (nSPS) is 18.3. The number of nitrogens with zero attached hydrogens (tertiary/aromatic N) is 3. The molecule has 23 heavy (non-hydrogen) atoms.